The molecule has 1 aliphatic rings. The van der Waals surface area contributed by atoms with Crippen molar-refractivity contribution >= 4 is 31.4 Å². The van der Waals surface area contributed by atoms with E-state index in [1.807, 2.05) is 20.8 Å². The van der Waals surface area contributed by atoms with Crippen molar-refractivity contribution in [3.8, 4) is 0 Å². The zero-order valence-electron chi connectivity index (χ0n) is 16.3. The Hall–Kier alpha value is -0.493. The maximum atomic E-state index is 12.6. The van der Waals surface area contributed by atoms with Gasteiger partial charge in [0.1, 0.15) is 10.9 Å². The van der Waals surface area contributed by atoms with Gasteiger partial charge in [0.25, 0.3) is 5.56 Å². The van der Waals surface area contributed by atoms with Crippen LogP contribution in [0.15, 0.2) is 15.8 Å². The van der Waals surface area contributed by atoms with E-state index in [1.54, 1.807) is 13.1 Å². The maximum absolute atomic E-state index is 12.6. The maximum Gasteiger partial charge on any atom is 0.330 e. The van der Waals surface area contributed by atoms with Gasteiger partial charge in [-0.2, -0.15) is 0 Å². The Bertz CT molecular complexity index is 766. The number of hydrogen-bond acceptors (Lipinski definition) is 5. The lowest BCUT2D eigenvalue weighted by Gasteiger charge is -2.38. The van der Waals surface area contributed by atoms with Crippen molar-refractivity contribution in [2.45, 2.75) is 69.9 Å². The van der Waals surface area contributed by atoms with Crippen LogP contribution in [0.3, 0.4) is 0 Å². The van der Waals surface area contributed by atoms with Crippen molar-refractivity contribution in [1.82, 2.24) is 9.55 Å². The fraction of sp³-hybridized carbons (Fsp3) is 0.765. The molecule has 2 N–H and O–H groups in total. The fourth-order valence-electron chi connectivity index (χ4n) is 3.40. The van der Waals surface area contributed by atoms with Crippen molar-refractivity contribution in [2.75, 3.05) is 11.0 Å². The number of aromatic nitrogens is 2. The molecule has 3 atom stereocenters. The molecule has 7 nitrogen and oxygen atoms in total. The second-order valence-electron chi connectivity index (χ2n) is 8.32. The number of aliphatic hydroxyl groups is 1. The third kappa shape index (κ3) is 3.86. The van der Waals surface area contributed by atoms with E-state index in [1.165, 1.54) is 4.57 Å². The standard InChI is InChI=1S/C17H29IN2O5Si/c1-11-8-20(14(23)19-13(11)22)17(26(5)6)7-12(24-15(2,3)4)16(9-18,10-21)25-17/h8,12,21,26H,7,9-10H2,1-6H3,(H,19,22,23)/t12-,16+,17-/m0/s1. The molecule has 0 spiro atoms. The molecule has 26 heavy (non-hydrogen) atoms. The molecule has 9 heteroatoms. The van der Waals surface area contributed by atoms with Crippen LogP contribution in [0.1, 0.15) is 32.8 Å². The van der Waals surface area contributed by atoms with E-state index in [4.69, 9.17) is 9.47 Å². The summed E-state index contributed by atoms with van der Waals surface area (Å²) in [5.74, 6) is 0. The second-order valence-corrected chi connectivity index (χ2v) is 12.3. The van der Waals surface area contributed by atoms with E-state index in [-0.39, 0.29) is 12.7 Å². The van der Waals surface area contributed by atoms with Crippen LogP contribution in [0.25, 0.3) is 0 Å². The first-order valence-electron chi connectivity index (χ1n) is 8.78. The van der Waals surface area contributed by atoms with E-state index in [9.17, 15) is 14.7 Å². The number of rotatable bonds is 5. The summed E-state index contributed by atoms with van der Waals surface area (Å²) in [5, 5.41) is 9.29. The molecule has 0 amide bonds. The van der Waals surface area contributed by atoms with E-state index in [0.717, 1.165) is 0 Å². The molecule has 1 aromatic heterocycles. The topological polar surface area (TPSA) is 93.6 Å². The highest BCUT2D eigenvalue weighted by atomic mass is 127. The second kappa shape index (κ2) is 7.49. The summed E-state index contributed by atoms with van der Waals surface area (Å²) in [5.41, 5.74) is -1.74. The Balaban J connectivity index is 2.65. The smallest absolute Gasteiger partial charge is 0.330 e. The van der Waals surface area contributed by atoms with Crippen LogP contribution in [-0.4, -0.2) is 51.8 Å². The summed E-state index contributed by atoms with van der Waals surface area (Å²) < 4.78 is 14.8. The van der Waals surface area contributed by atoms with Gasteiger partial charge in [-0.1, -0.05) is 35.7 Å². The number of aryl methyl sites for hydroxylation is 1. The van der Waals surface area contributed by atoms with Crippen molar-refractivity contribution in [2.24, 2.45) is 0 Å². The van der Waals surface area contributed by atoms with E-state index < -0.39 is 36.6 Å². The van der Waals surface area contributed by atoms with Gasteiger partial charge in [0.15, 0.2) is 0 Å². The Kier molecular flexibility index (Phi) is 6.28. The first-order valence-corrected chi connectivity index (χ1v) is 13.2. The summed E-state index contributed by atoms with van der Waals surface area (Å²) in [7, 11) is -1.64. The van der Waals surface area contributed by atoms with E-state index in [2.05, 4.69) is 40.7 Å². The molecule has 1 fully saturated rings. The minimum absolute atomic E-state index is 0.198. The molecule has 2 rings (SSSR count). The number of aromatic amines is 1. The van der Waals surface area contributed by atoms with Crippen molar-refractivity contribution in [1.29, 1.82) is 0 Å². The van der Waals surface area contributed by atoms with Crippen molar-refractivity contribution < 1.29 is 14.6 Å². The van der Waals surface area contributed by atoms with Gasteiger partial charge >= 0.3 is 5.69 Å². The van der Waals surface area contributed by atoms with Crippen molar-refractivity contribution in [3.63, 3.8) is 0 Å². The highest BCUT2D eigenvalue weighted by molar-refractivity contribution is 14.1. The normalized spacial score (nSPS) is 29.5. The molecule has 0 saturated carbocycles. The summed E-state index contributed by atoms with van der Waals surface area (Å²) in [6.45, 7) is 11.6. The molecule has 0 unspecified atom stereocenters. The van der Waals surface area contributed by atoms with Crippen LogP contribution in [0.5, 0.6) is 0 Å². The Morgan fingerprint density at radius 2 is 2.08 bits per heavy atom. The first-order chi connectivity index (χ1) is 11.9. The molecule has 2 heterocycles. The Morgan fingerprint density at radius 1 is 1.46 bits per heavy atom. The number of ether oxygens (including phenoxy) is 2. The molecular formula is C17H29IN2O5Si. The minimum atomic E-state index is -1.64. The third-order valence-corrected chi connectivity index (χ3v) is 8.59. The molecule has 0 radical (unpaired) electrons. The van der Waals surface area contributed by atoms with Gasteiger partial charge in [0.2, 0.25) is 0 Å². The summed E-state index contributed by atoms with van der Waals surface area (Å²) in [6, 6.07) is 0. The third-order valence-electron chi connectivity index (χ3n) is 4.86. The van der Waals surface area contributed by atoms with Crippen LogP contribution in [0, 0.1) is 6.92 Å². The lowest BCUT2D eigenvalue weighted by molar-refractivity contribution is -0.164. The van der Waals surface area contributed by atoms with Gasteiger partial charge in [0.05, 0.1) is 27.1 Å². The fourth-order valence-corrected chi connectivity index (χ4v) is 6.20. The number of nitrogens with one attached hydrogen (secondary N) is 1. The molecule has 1 saturated heterocycles. The first kappa shape index (κ1) is 21.8. The Morgan fingerprint density at radius 3 is 2.54 bits per heavy atom. The van der Waals surface area contributed by atoms with Crippen LogP contribution in [-0.2, 0) is 14.8 Å². The van der Waals surface area contributed by atoms with Crippen LogP contribution >= 0.6 is 22.6 Å². The van der Waals surface area contributed by atoms with Gasteiger partial charge in [-0.05, 0) is 27.7 Å². The summed E-state index contributed by atoms with van der Waals surface area (Å²) in [6.07, 6.45) is 1.67. The zero-order valence-corrected chi connectivity index (χ0v) is 19.6. The summed E-state index contributed by atoms with van der Waals surface area (Å²) >= 11 is 2.19. The quantitative estimate of drug-likeness (QED) is 0.364. The molecule has 1 aromatic rings. The minimum Gasteiger partial charge on any atom is -0.393 e. The zero-order chi connectivity index (χ0) is 19.9. The predicted octanol–water partition coefficient (Wildman–Crippen LogP) is 1.29. The van der Waals surface area contributed by atoms with Crippen molar-refractivity contribution in [3.05, 3.63) is 32.6 Å². The number of aliphatic hydroxyl groups excluding tert-OH is 1. The van der Waals surface area contributed by atoms with Crippen LogP contribution < -0.4 is 11.2 Å². The summed E-state index contributed by atoms with van der Waals surface area (Å²) in [4.78, 5) is 26.8. The highest BCUT2D eigenvalue weighted by Crippen LogP contribution is 2.46. The average Bonchev–Trinajstić information content (AvgIpc) is 2.85. The number of alkyl halides is 1. The number of H-pyrrole nitrogens is 1. The van der Waals surface area contributed by atoms with Gasteiger partial charge in [-0.25, -0.2) is 4.79 Å². The lowest BCUT2D eigenvalue weighted by Crippen LogP contribution is -2.54. The molecule has 0 aliphatic carbocycles. The molecular weight excluding hydrogens is 467 g/mol. The van der Waals surface area contributed by atoms with Crippen LogP contribution in [0.2, 0.25) is 13.1 Å². The number of halogens is 1. The van der Waals surface area contributed by atoms with Gasteiger partial charge in [-0.15, -0.1) is 0 Å². The van der Waals surface area contributed by atoms with Gasteiger partial charge in [0, 0.05) is 22.6 Å². The van der Waals surface area contributed by atoms with E-state index >= 15 is 0 Å². The lowest BCUT2D eigenvalue weighted by atomic mass is 9.98. The predicted molar refractivity (Wildman–Crippen MR) is 112 cm³/mol. The molecule has 1 aliphatic heterocycles. The van der Waals surface area contributed by atoms with Gasteiger partial charge in [-0.3, -0.25) is 14.3 Å². The average molecular weight is 496 g/mol. The van der Waals surface area contributed by atoms with Crippen LogP contribution in [0.4, 0.5) is 0 Å². The molecule has 0 aromatic carbocycles. The highest BCUT2D eigenvalue weighted by Gasteiger charge is 2.59. The van der Waals surface area contributed by atoms with Gasteiger partial charge < -0.3 is 14.6 Å². The molecule has 148 valence electrons. The monoisotopic (exact) mass is 496 g/mol. The van der Waals surface area contributed by atoms with E-state index in [0.29, 0.717) is 16.4 Å². The number of hydrogen-bond donors (Lipinski definition) is 2. The molecule has 0 bridgehead atoms. The SMILES string of the molecule is Cc1cn([C@@]2([SiH](C)C)C[C@H](OC(C)(C)C)[C@](CO)(CI)O2)c(=O)[nH]c1=O. The largest absolute Gasteiger partial charge is 0.393 e. The Labute approximate surface area is 168 Å². The number of nitrogens with zero attached hydrogens (tertiary/aromatic N) is 1.